The Bertz CT molecular complexity index is 1090. The molecule has 3 aromatic rings. The zero-order chi connectivity index (χ0) is 20.2. The highest BCUT2D eigenvalue weighted by molar-refractivity contribution is 5.85. The summed E-state index contributed by atoms with van der Waals surface area (Å²) in [5.41, 5.74) is 6.33. The van der Waals surface area contributed by atoms with Crippen molar-refractivity contribution in [3.63, 3.8) is 0 Å². The number of nitrogens with zero attached hydrogens (tertiary/aromatic N) is 4. The van der Waals surface area contributed by atoms with Crippen LogP contribution in [-0.2, 0) is 12.8 Å². The molecule has 2 aliphatic heterocycles. The monoisotopic (exact) mass is 396 g/mol. The maximum absolute atomic E-state index is 5.28. The van der Waals surface area contributed by atoms with E-state index in [1.165, 1.54) is 41.2 Å². The first-order chi connectivity index (χ1) is 14.7. The Morgan fingerprint density at radius 1 is 0.767 bits per heavy atom. The van der Waals surface area contributed by atoms with Crippen LogP contribution < -0.4 is 9.80 Å². The summed E-state index contributed by atoms with van der Waals surface area (Å²) in [6.07, 6.45) is 5.87. The Balaban J connectivity index is 1.63. The van der Waals surface area contributed by atoms with Crippen molar-refractivity contribution in [2.24, 2.45) is 5.92 Å². The fraction of sp³-hybridized carbons (Fsp3) is 0.385. The van der Waals surface area contributed by atoms with Gasteiger partial charge in [0.15, 0.2) is 11.6 Å². The van der Waals surface area contributed by atoms with Gasteiger partial charge in [0.1, 0.15) is 6.17 Å². The second-order valence-electron chi connectivity index (χ2n) is 9.13. The van der Waals surface area contributed by atoms with E-state index in [1.54, 1.807) is 0 Å². The van der Waals surface area contributed by atoms with Crippen molar-refractivity contribution in [3.8, 4) is 0 Å². The molecule has 1 aliphatic carbocycles. The topological polar surface area (TPSA) is 32.3 Å². The van der Waals surface area contributed by atoms with E-state index in [0.29, 0.717) is 11.8 Å². The third kappa shape index (κ3) is 2.59. The fourth-order valence-corrected chi connectivity index (χ4v) is 5.72. The van der Waals surface area contributed by atoms with Crippen molar-refractivity contribution in [1.29, 1.82) is 0 Å². The SMILES string of the molecule is CC1CC(C)C2N(c3ccccc3)c3nc4c(nc3N2c2ccccc21)CCCC4. The van der Waals surface area contributed by atoms with Gasteiger partial charge < -0.3 is 9.80 Å². The molecule has 0 spiro atoms. The molecule has 3 unspecified atom stereocenters. The van der Waals surface area contributed by atoms with Crippen molar-refractivity contribution >= 4 is 23.0 Å². The lowest BCUT2D eigenvalue weighted by Crippen LogP contribution is -2.43. The average molecular weight is 397 g/mol. The van der Waals surface area contributed by atoms with E-state index >= 15 is 0 Å². The van der Waals surface area contributed by atoms with Gasteiger partial charge in [-0.3, -0.25) is 0 Å². The molecule has 152 valence electrons. The number of para-hydroxylation sites is 2. The molecule has 3 aliphatic rings. The first kappa shape index (κ1) is 17.9. The lowest BCUT2D eigenvalue weighted by molar-refractivity contribution is 0.420. The number of benzene rings is 2. The molecule has 2 aromatic carbocycles. The lowest BCUT2D eigenvalue weighted by Gasteiger charge is -2.35. The maximum Gasteiger partial charge on any atom is 0.178 e. The van der Waals surface area contributed by atoms with Crippen molar-refractivity contribution in [3.05, 3.63) is 71.5 Å². The standard InChI is InChI=1S/C26H28N4/c1-17-16-18(2)26-29(19-10-4-3-5-11-19)24-25(28-22-14-8-7-13-21(22)27-24)30(26)23-15-9-6-12-20(17)23/h3-6,9-12,15,17-18,26H,7-8,13-14,16H2,1-2H3. The molecule has 30 heavy (non-hydrogen) atoms. The largest absolute Gasteiger partial charge is 0.302 e. The molecule has 0 fully saturated rings. The Morgan fingerprint density at radius 3 is 2.13 bits per heavy atom. The van der Waals surface area contributed by atoms with Gasteiger partial charge in [0.25, 0.3) is 0 Å². The molecule has 0 radical (unpaired) electrons. The molecular weight excluding hydrogens is 368 g/mol. The Kier molecular flexibility index (Phi) is 4.08. The van der Waals surface area contributed by atoms with E-state index in [2.05, 4.69) is 78.2 Å². The number of fused-ring (bicyclic) bond motifs is 6. The lowest BCUT2D eigenvalue weighted by atomic mass is 9.91. The van der Waals surface area contributed by atoms with Crippen LogP contribution in [0.3, 0.4) is 0 Å². The van der Waals surface area contributed by atoms with Gasteiger partial charge >= 0.3 is 0 Å². The Morgan fingerprint density at radius 2 is 1.40 bits per heavy atom. The predicted molar refractivity (Wildman–Crippen MR) is 122 cm³/mol. The van der Waals surface area contributed by atoms with E-state index < -0.39 is 0 Å². The van der Waals surface area contributed by atoms with E-state index in [4.69, 9.17) is 9.97 Å². The third-order valence-corrected chi connectivity index (χ3v) is 7.07. The average Bonchev–Trinajstić information content (AvgIpc) is 3.06. The summed E-state index contributed by atoms with van der Waals surface area (Å²) < 4.78 is 0. The number of aryl methyl sites for hydroxylation is 2. The van der Waals surface area contributed by atoms with Crippen LogP contribution in [0.5, 0.6) is 0 Å². The van der Waals surface area contributed by atoms with Gasteiger partial charge in [-0.1, -0.05) is 50.2 Å². The van der Waals surface area contributed by atoms with Crippen LogP contribution in [0.1, 0.15) is 56.0 Å². The van der Waals surface area contributed by atoms with Crippen molar-refractivity contribution in [2.75, 3.05) is 9.80 Å². The van der Waals surface area contributed by atoms with Crippen LogP contribution in [0.2, 0.25) is 0 Å². The van der Waals surface area contributed by atoms with Gasteiger partial charge in [0.05, 0.1) is 11.4 Å². The summed E-state index contributed by atoms with van der Waals surface area (Å²) in [5, 5.41) is 0. The summed E-state index contributed by atoms with van der Waals surface area (Å²) >= 11 is 0. The van der Waals surface area contributed by atoms with Gasteiger partial charge in [-0.2, -0.15) is 0 Å². The zero-order valence-corrected chi connectivity index (χ0v) is 17.8. The van der Waals surface area contributed by atoms with Crippen LogP contribution >= 0.6 is 0 Å². The van der Waals surface area contributed by atoms with Crippen LogP contribution in [0, 0.1) is 5.92 Å². The van der Waals surface area contributed by atoms with Gasteiger partial charge in [-0.15, -0.1) is 0 Å². The molecular formula is C26H28N4. The number of hydrogen-bond acceptors (Lipinski definition) is 4. The number of aromatic nitrogens is 2. The second kappa shape index (κ2) is 6.83. The number of hydrogen-bond donors (Lipinski definition) is 0. The van der Waals surface area contributed by atoms with Crippen molar-refractivity contribution in [2.45, 2.75) is 58.0 Å². The molecule has 1 aromatic heterocycles. The van der Waals surface area contributed by atoms with E-state index in [0.717, 1.165) is 30.9 Å². The van der Waals surface area contributed by atoms with Gasteiger partial charge in [-0.05, 0) is 67.7 Å². The first-order valence-electron chi connectivity index (χ1n) is 11.3. The highest BCUT2D eigenvalue weighted by atomic mass is 15.5. The van der Waals surface area contributed by atoms with Crippen LogP contribution in [-0.4, -0.2) is 16.1 Å². The quantitative estimate of drug-likeness (QED) is 0.496. The smallest absolute Gasteiger partial charge is 0.178 e. The normalized spacial score (nSPS) is 24.5. The minimum Gasteiger partial charge on any atom is -0.302 e. The summed E-state index contributed by atoms with van der Waals surface area (Å²) in [4.78, 5) is 15.5. The molecule has 3 heterocycles. The molecule has 0 bridgehead atoms. The van der Waals surface area contributed by atoms with Crippen LogP contribution in [0.25, 0.3) is 0 Å². The fourth-order valence-electron chi connectivity index (χ4n) is 5.72. The molecule has 4 heteroatoms. The van der Waals surface area contributed by atoms with Gasteiger partial charge in [-0.25, -0.2) is 9.97 Å². The van der Waals surface area contributed by atoms with Gasteiger partial charge in [0.2, 0.25) is 0 Å². The molecule has 0 saturated heterocycles. The summed E-state index contributed by atoms with van der Waals surface area (Å²) in [6.45, 7) is 4.76. The third-order valence-electron chi connectivity index (χ3n) is 7.07. The summed E-state index contributed by atoms with van der Waals surface area (Å²) in [6, 6.07) is 19.7. The van der Waals surface area contributed by atoms with Gasteiger partial charge in [0, 0.05) is 11.4 Å². The molecule has 0 N–H and O–H groups in total. The highest BCUT2D eigenvalue weighted by Gasteiger charge is 2.46. The number of rotatable bonds is 1. The molecule has 3 atom stereocenters. The summed E-state index contributed by atoms with van der Waals surface area (Å²) in [5.74, 6) is 3.06. The molecule has 0 amide bonds. The first-order valence-corrected chi connectivity index (χ1v) is 11.3. The Labute approximate surface area is 178 Å². The maximum atomic E-state index is 5.28. The minimum atomic E-state index is 0.192. The minimum absolute atomic E-state index is 0.192. The predicted octanol–water partition coefficient (Wildman–Crippen LogP) is 6.11. The second-order valence-corrected chi connectivity index (χ2v) is 9.13. The Hall–Kier alpha value is -2.88. The summed E-state index contributed by atoms with van der Waals surface area (Å²) in [7, 11) is 0. The zero-order valence-electron chi connectivity index (χ0n) is 17.8. The van der Waals surface area contributed by atoms with Crippen molar-refractivity contribution < 1.29 is 0 Å². The van der Waals surface area contributed by atoms with Crippen LogP contribution in [0.15, 0.2) is 54.6 Å². The molecule has 6 rings (SSSR count). The van der Waals surface area contributed by atoms with E-state index in [1.807, 2.05) is 0 Å². The highest BCUT2D eigenvalue weighted by Crippen LogP contribution is 2.52. The van der Waals surface area contributed by atoms with Crippen molar-refractivity contribution in [1.82, 2.24) is 9.97 Å². The van der Waals surface area contributed by atoms with Crippen LogP contribution in [0.4, 0.5) is 23.0 Å². The molecule has 4 nitrogen and oxygen atoms in total. The molecule has 0 saturated carbocycles. The van der Waals surface area contributed by atoms with E-state index in [9.17, 15) is 0 Å². The van der Waals surface area contributed by atoms with E-state index in [-0.39, 0.29) is 6.17 Å². The number of anilines is 4.